The summed E-state index contributed by atoms with van der Waals surface area (Å²) in [5.41, 5.74) is 0.425. The highest BCUT2D eigenvalue weighted by atomic mass is 35.5. The number of benzene rings is 1. The van der Waals surface area contributed by atoms with Crippen LogP contribution in [0.5, 0.6) is 5.75 Å². The zero-order valence-corrected chi connectivity index (χ0v) is 13.3. The summed E-state index contributed by atoms with van der Waals surface area (Å²) >= 11 is 7.48. The Labute approximate surface area is 133 Å². The summed E-state index contributed by atoms with van der Waals surface area (Å²) in [6, 6.07) is 10.7. The zero-order valence-electron chi connectivity index (χ0n) is 11.7. The highest BCUT2D eigenvalue weighted by Crippen LogP contribution is 2.22. The summed E-state index contributed by atoms with van der Waals surface area (Å²) < 4.78 is 6.42. The SMILES string of the molecule is CN(CCOc1cccc(B(O)O)c1)Cc1ccc(Cl)s1. The molecule has 2 rings (SSSR count). The predicted molar refractivity (Wildman–Crippen MR) is 87.4 cm³/mol. The molecule has 1 aromatic heterocycles. The van der Waals surface area contributed by atoms with E-state index >= 15 is 0 Å². The largest absolute Gasteiger partial charge is 0.492 e. The minimum Gasteiger partial charge on any atom is -0.492 e. The molecule has 1 aromatic carbocycles. The lowest BCUT2D eigenvalue weighted by Crippen LogP contribution is -2.29. The van der Waals surface area contributed by atoms with Crippen LogP contribution in [-0.4, -0.2) is 42.3 Å². The lowest BCUT2D eigenvalue weighted by molar-refractivity contribution is 0.234. The van der Waals surface area contributed by atoms with Crippen molar-refractivity contribution in [2.75, 3.05) is 20.2 Å². The molecule has 0 aliphatic carbocycles. The second-order valence-corrected chi connectivity index (χ2v) is 6.54. The topological polar surface area (TPSA) is 52.9 Å². The van der Waals surface area contributed by atoms with Crippen molar-refractivity contribution >= 4 is 35.5 Å². The van der Waals surface area contributed by atoms with Crippen LogP contribution in [0.4, 0.5) is 0 Å². The van der Waals surface area contributed by atoms with E-state index in [2.05, 4.69) is 4.90 Å². The Hall–Kier alpha value is -1.05. The number of nitrogens with zero attached hydrogens (tertiary/aromatic N) is 1. The van der Waals surface area contributed by atoms with E-state index in [0.717, 1.165) is 17.4 Å². The van der Waals surface area contributed by atoms with Crippen molar-refractivity contribution in [2.45, 2.75) is 6.54 Å². The fourth-order valence-corrected chi connectivity index (χ4v) is 3.03. The molecule has 0 saturated heterocycles. The molecule has 0 spiro atoms. The molecule has 21 heavy (non-hydrogen) atoms. The molecular formula is C14H17BClNO3S. The lowest BCUT2D eigenvalue weighted by Gasteiger charge is -2.16. The minimum absolute atomic E-state index is 0.425. The summed E-state index contributed by atoms with van der Waals surface area (Å²) in [5.74, 6) is 0.633. The van der Waals surface area contributed by atoms with Crippen LogP contribution < -0.4 is 10.2 Å². The summed E-state index contributed by atoms with van der Waals surface area (Å²) in [6.45, 7) is 2.12. The fraction of sp³-hybridized carbons (Fsp3) is 0.286. The summed E-state index contributed by atoms with van der Waals surface area (Å²) in [6.07, 6.45) is 0. The van der Waals surface area contributed by atoms with Gasteiger partial charge in [-0.3, -0.25) is 4.90 Å². The maximum absolute atomic E-state index is 9.11. The number of thiophene rings is 1. The van der Waals surface area contributed by atoms with Gasteiger partial charge in [-0.25, -0.2) is 0 Å². The molecule has 7 heteroatoms. The predicted octanol–water partition coefficient (Wildman–Crippen LogP) is 1.59. The Morgan fingerprint density at radius 3 is 2.76 bits per heavy atom. The zero-order chi connectivity index (χ0) is 15.2. The van der Waals surface area contributed by atoms with E-state index in [-0.39, 0.29) is 0 Å². The first kappa shape index (κ1) is 16.3. The number of likely N-dealkylation sites (N-methyl/N-ethyl adjacent to an activating group) is 1. The van der Waals surface area contributed by atoms with Crippen LogP contribution in [0.3, 0.4) is 0 Å². The molecule has 0 radical (unpaired) electrons. The van der Waals surface area contributed by atoms with Crippen molar-refractivity contribution in [3.05, 3.63) is 45.6 Å². The molecule has 0 amide bonds. The van der Waals surface area contributed by atoms with Crippen LogP contribution >= 0.6 is 22.9 Å². The Bertz CT molecular complexity index is 579. The van der Waals surface area contributed by atoms with Crippen molar-refractivity contribution in [1.29, 1.82) is 0 Å². The molecular weight excluding hydrogens is 308 g/mol. The summed E-state index contributed by atoms with van der Waals surface area (Å²) in [7, 11) is 0.546. The molecule has 0 atom stereocenters. The van der Waals surface area contributed by atoms with E-state index in [9.17, 15) is 0 Å². The average molecular weight is 326 g/mol. The summed E-state index contributed by atoms with van der Waals surface area (Å²) in [4.78, 5) is 3.36. The summed E-state index contributed by atoms with van der Waals surface area (Å²) in [5, 5.41) is 18.2. The quantitative estimate of drug-likeness (QED) is 0.759. The van der Waals surface area contributed by atoms with E-state index < -0.39 is 7.12 Å². The van der Waals surface area contributed by atoms with E-state index in [1.165, 1.54) is 4.88 Å². The Balaban J connectivity index is 1.77. The van der Waals surface area contributed by atoms with Crippen LogP contribution in [0, 0.1) is 0 Å². The van der Waals surface area contributed by atoms with Crippen molar-refractivity contribution in [1.82, 2.24) is 4.90 Å². The van der Waals surface area contributed by atoms with Gasteiger partial charge in [0.1, 0.15) is 12.4 Å². The van der Waals surface area contributed by atoms with Gasteiger partial charge in [0.2, 0.25) is 0 Å². The van der Waals surface area contributed by atoms with Crippen molar-refractivity contribution < 1.29 is 14.8 Å². The lowest BCUT2D eigenvalue weighted by atomic mass is 9.80. The number of halogens is 1. The molecule has 0 aliphatic rings. The molecule has 2 N–H and O–H groups in total. The normalized spacial score (nSPS) is 10.9. The third-order valence-electron chi connectivity index (χ3n) is 2.95. The van der Waals surface area contributed by atoms with Gasteiger partial charge in [-0.1, -0.05) is 23.7 Å². The number of rotatable bonds is 7. The molecule has 0 unspecified atom stereocenters. The molecule has 0 fully saturated rings. The first-order valence-corrected chi connectivity index (χ1v) is 7.75. The van der Waals surface area contributed by atoms with Gasteiger partial charge in [-0.15, -0.1) is 11.3 Å². The molecule has 4 nitrogen and oxygen atoms in total. The molecule has 2 aromatic rings. The van der Waals surface area contributed by atoms with Gasteiger partial charge in [0.25, 0.3) is 0 Å². The number of hydrogen-bond acceptors (Lipinski definition) is 5. The first-order chi connectivity index (χ1) is 10.0. The van der Waals surface area contributed by atoms with Crippen LogP contribution in [-0.2, 0) is 6.54 Å². The third kappa shape index (κ3) is 5.34. The molecule has 0 saturated carbocycles. The van der Waals surface area contributed by atoms with Crippen LogP contribution in [0.15, 0.2) is 36.4 Å². The van der Waals surface area contributed by atoms with Gasteiger partial charge in [0.15, 0.2) is 0 Å². The van der Waals surface area contributed by atoms with Gasteiger partial charge in [0.05, 0.1) is 4.34 Å². The highest BCUT2D eigenvalue weighted by molar-refractivity contribution is 7.16. The minimum atomic E-state index is -1.47. The molecule has 0 bridgehead atoms. The van der Waals surface area contributed by atoms with E-state index in [1.54, 1.807) is 35.6 Å². The number of hydrogen-bond donors (Lipinski definition) is 2. The Kier molecular flexibility index (Phi) is 6.08. The number of ether oxygens (including phenoxy) is 1. The second-order valence-electron chi connectivity index (χ2n) is 4.74. The molecule has 112 valence electrons. The fourth-order valence-electron chi connectivity index (χ4n) is 1.87. The van der Waals surface area contributed by atoms with Gasteiger partial charge in [-0.05, 0) is 36.8 Å². The van der Waals surface area contributed by atoms with Gasteiger partial charge < -0.3 is 14.8 Å². The maximum Gasteiger partial charge on any atom is 0.488 e. The smallest absolute Gasteiger partial charge is 0.488 e. The molecule has 0 aliphatic heterocycles. The maximum atomic E-state index is 9.11. The Morgan fingerprint density at radius 2 is 2.10 bits per heavy atom. The van der Waals surface area contributed by atoms with Crippen LogP contribution in [0.2, 0.25) is 4.34 Å². The van der Waals surface area contributed by atoms with Crippen LogP contribution in [0.1, 0.15) is 4.88 Å². The standard InChI is InChI=1S/C14H17BClNO3S/c1-17(10-13-5-6-14(16)21-13)7-8-20-12-4-2-3-11(9-12)15(18)19/h2-6,9,18-19H,7-8,10H2,1H3. The van der Waals surface area contributed by atoms with Crippen molar-refractivity contribution in [2.24, 2.45) is 0 Å². The highest BCUT2D eigenvalue weighted by Gasteiger charge is 2.11. The van der Waals surface area contributed by atoms with E-state index in [1.807, 2.05) is 19.2 Å². The van der Waals surface area contributed by atoms with Gasteiger partial charge in [0, 0.05) is 18.0 Å². The van der Waals surface area contributed by atoms with E-state index in [4.69, 9.17) is 26.4 Å². The molecule has 1 heterocycles. The Morgan fingerprint density at radius 1 is 1.29 bits per heavy atom. The van der Waals surface area contributed by atoms with Gasteiger partial charge >= 0.3 is 7.12 Å². The second kappa shape index (κ2) is 7.82. The average Bonchev–Trinajstić information content (AvgIpc) is 2.84. The van der Waals surface area contributed by atoms with Crippen molar-refractivity contribution in [3.63, 3.8) is 0 Å². The van der Waals surface area contributed by atoms with Crippen LogP contribution in [0.25, 0.3) is 0 Å². The van der Waals surface area contributed by atoms with Gasteiger partial charge in [-0.2, -0.15) is 0 Å². The van der Waals surface area contributed by atoms with Crippen molar-refractivity contribution in [3.8, 4) is 5.75 Å². The monoisotopic (exact) mass is 325 g/mol. The first-order valence-electron chi connectivity index (χ1n) is 6.56. The van der Waals surface area contributed by atoms with E-state index in [0.29, 0.717) is 17.8 Å². The third-order valence-corrected chi connectivity index (χ3v) is 4.17.